The highest BCUT2D eigenvalue weighted by atomic mass is 16.3. The summed E-state index contributed by atoms with van der Waals surface area (Å²) >= 11 is 0. The maximum atomic E-state index is 11.5. The van der Waals surface area contributed by atoms with Crippen molar-refractivity contribution in [2.45, 2.75) is 45.6 Å². The molecule has 1 atom stereocenters. The molecule has 0 saturated heterocycles. The van der Waals surface area contributed by atoms with E-state index < -0.39 is 5.54 Å². The molecule has 0 spiro atoms. The van der Waals surface area contributed by atoms with Crippen LogP contribution in [0.2, 0.25) is 0 Å². The van der Waals surface area contributed by atoms with Crippen LogP contribution in [0.4, 0.5) is 0 Å². The van der Waals surface area contributed by atoms with Crippen molar-refractivity contribution in [2.24, 2.45) is 11.7 Å². The quantitative estimate of drug-likeness (QED) is 0.584. The van der Waals surface area contributed by atoms with E-state index in [0.29, 0.717) is 12.5 Å². The fourth-order valence-electron chi connectivity index (χ4n) is 1.40. The fourth-order valence-corrected chi connectivity index (χ4v) is 1.40. The molecule has 0 aliphatic heterocycles. The third kappa shape index (κ3) is 6.47. The van der Waals surface area contributed by atoms with Crippen molar-refractivity contribution in [3.8, 4) is 0 Å². The summed E-state index contributed by atoms with van der Waals surface area (Å²) in [6, 6.07) is 0. The first-order valence-corrected chi connectivity index (χ1v) is 5.59. The highest BCUT2D eigenvalue weighted by Gasteiger charge is 2.22. The lowest BCUT2D eigenvalue weighted by Gasteiger charge is -2.21. The highest BCUT2D eigenvalue weighted by Crippen LogP contribution is 2.09. The summed E-state index contributed by atoms with van der Waals surface area (Å²) in [6.45, 7) is 6.24. The molecular formula is C11H24N2O2. The first-order chi connectivity index (χ1) is 6.91. The van der Waals surface area contributed by atoms with E-state index in [2.05, 4.69) is 12.2 Å². The largest absolute Gasteiger partial charge is 0.396 e. The smallest absolute Gasteiger partial charge is 0.239 e. The lowest BCUT2D eigenvalue weighted by Crippen LogP contribution is -2.50. The van der Waals surface area contributed by atoms with Crippen molar-refractivity contribution in [3.63, 3.8) is 0 Å². The summed E-state index contributed by atoms with van der Waals surface area (Å²) in [6.07, 6.45) is 2.82. The van der Waals surface area contributed by atoms with Crippen molar-refractivity contribution >= 4 is 5.91 Å². The second-order valence-corrected chi connectivity index (χ2v) is 4.60. The van der Waals surface area contributed by atoms with Crippen LogP contribution < -0.4 is 11.1 Å². The molecule has 0 fully saturated rings. The van der Waals surface area contributed by atoms with Crippen molar-refractivity contribution < 1.29 is 9.90 Å². The van der Waals surface area contributed by atoms with Gasteiger partial charge in [-0.1, -0.05) is 13.3 Å². The molecule has 0 saturated carbocycles. The van der Waals surface area contributed by atoms with Gasteiger partial charge in [-0.25, -0.2) is 0 Å². The Morgan fingerprint density at radius 2 is 2.07 bits per heavy atom. The maximum Gasteiger partial charge on any atom is 0.239 e. The van der Waals surface area contributed by atoms with Gasteiger partial charge in [0.15, 0.2) is 0 Å². The van der Waals surface area contributed by atoms with E-state index in [9.17, 15) is 4.79 Å². The number of aliphatic hydroxyl groups is 1. The molecule has 0 rings (SSSR count). The van der Waals surface area contributed by atoms with Gasteiger partial charge in [0.05, 0.1) is 5.54 Å². The van der Waals surface area contributed by atoms with Gasteiger partial charge in [0.25, 0.3) is 0 Å². The maximum absolute atomic E-state index is 11.5. The van der Waals surface area contributed by atoms with Gasteiger partial charge >= 0.3 is 0 Å². The number of amides is 1. The minimum absolute atomic E-state index is 0.137. The lowest BCUT2D eigenvalue weighted by molar-refractivity contribution is -0.125. The summed E-state index contributed by atoms with van der Waals surface area (Å²) in [7, 11) is 0. The standard InChI is InChI=1S/C11H24N2O2/c1-4-5-9(6-7-14)8-13-10(15)11(2,3)12/h9,14H,4-8,12H2,1-3H3,(H,13,15). The zero-order valence-electron chi connectivity index (χ0n) is 10.0. The Balaban J connectivity index is 3.93. The van der Waals surface area contributed by atoms with Crippen LogP contribution in [0.1, 0.15) is 40.0 Å². The Morgan fingerprint density at radius 1 is 1.47 bits per heavy atom. The first kappa shape index (κ1) is 14.4. The number of hydrogen-bond acceptors (Lipinski definition) is 3. The average molecular weight is 216 g/mol. The zero-order valence-corrected chi connectivity index (χ0v) is 10.0. The number of nitrogens with one attached hydrogen (secondary N) is 1. The zero-order chi connectivity index (χ0) is 11.9. The summed E-state index contributed by atoms with van der Waals surface area (Å²) in [5, 5.41) is 11.7. The van der Waals surface area contributed by atoms with Crippen molar-refractivity contribution in [1.82, 2.24) is 5.32 Å². The highest BCUT2D eigenvalue weighted by molar-refractivity contribution is 5.84. The van der Waals surface area contributed by atoms with E-state index in [0.717, 1.165) is 19.3 Å². The van der Waals surface area contributed by atoms with E-state index in [4.69, 9.17) is 10.8 Å². The molecule has 4 N–H and O–H groups in total. The van der Waals surface area contributed by atoms with E-state index in [1.54, 1.807) is 13.8 Å². The number of aliphatic hydroxyl groups excluding tert-OH is 1. The molecule has 0 aliphatic carbocycles. The Bertz CT molecular complexity index is 182. The molecule has 15 heavy (non-hydrogen) atoms. The predicted molar refractivity (Wildman–Crippen MR) is 61.4 cm³/mol. The van der Waals surface area contributed by atoms with E-state index in [-0.39, 0.29) is 12.5 Å². The number of nitrogens with two attached hydrogens (primary N) is 1. The van der Waals surface area contributed by atoms with Crippen LogP contribution in [-0.4, -0.2) is 29.7 Å². The second-order valence-electron chi connectivity index (χ2n) is 4.60. The van der Waals surface area contributed by atoms with Crippen LogP contribution in [0, 0.1) is 5.92 Å². The van der Waals surface area contributed by atoms with Crippen molar-refractivity contribution in [3.05, 3.63) is 0 Å². The summed E-state index contributed by atoms with van der Waals surface area (Å²) < 4.78 is 0. The minimum atomic E-state index is -0.823. The number of hydrogen-bond donors (Lipinski definition) is 3. The van der Waals surface area contributed by atoms with E-state index in [1.165, 1.54) is 0 Å². The molecule has 0 bridgehead atoms. The lowest BCUT2D eigenvalue weighted by atomic mass is 9.99. The van der Waals surface area contributed by atoms with Crippen LogP contribution in [-0.2, 0) is 4.79 Å². The average Bonchev–Trinajstić information content (AvgIpc) is 2.12. The van der Waals surface area contributed by atoms with Crippen LogP contribution in [0.15, 0.2) is 0 Å². The third-order valence-electron chi connectivity index (χ3n) is 2.37. The molecule has 1 amide bonds. The summed E-state index contributed by atoms with van der Waals surface area (Å²) in [5.41, 5.74) is 4.83. The molecule has 0 aromatic heterocycles. The third-order valence-corrected chi connectivity index (χ3v) is 2.37. The molecule has 0 aromatic rings. The first-order valence-electron chi connectivity index (χ1n) is 5.59. The van der Waals surface area contributed by atoms with E-state index in [1.807, 2.05) is 0 Å². The number of rotatable bonds is 7. The van der Waals surface area contributed by atoms with Gasteiger partial charge in [-0.2, -0.15) is 0 Å². The summed E-state index contributed by atoms with van der Waals surface area (Å²) in [4.78, 5) is 11.5. The van der Waals surface area contributed by atoms with E-state index >= 15 is 0 Å². The van der Waals surface area contributed by atoms with Gasteiger partial charge in [0, 0.05) is 13.2 Å². The molecular weight excluding hydrogens is 192 g/mol. The molecule has 0 aromatic carbocycles. The van der Waals surface area contributed by atoms with Crippen LogP contribution in [0.3, 0.4) is 0 Å². The molecule has 0 aliphatic rings. The summed E-state index contributed by atoms with van der Waals surface area (Å²) in [5.74, 6) is 0.216. The number of carbonyl (C=O) groups is 1. The normalized spacial score (nSPS) is 13.7. The van der Waals surface area contributed by atoms with Gasteiger partial charge in [-0.05, 0) is 32.6 Å². The molecule has 90 valence electrons. The monoisotopic (exact) mass is 216 g/mol. The molecule has 1 unspecified atom stereocenters. The van der Waals surface area contributed by atoms with Gasteiger partial charge in [-0.3, -0.25) is 4.79 Å². The van der Waals surface area contributed by atoms with Crippen LogP contribution in [0.5, 0.6) is 0 Å². The Morgan fingerprint density at radius 3 is 2.47 bits per heavy atom. The van der Waals surface area contributed by atoms with Crippen LogP contribution >= 0.6 is 0 Å². The molecule has 4 heteroatoms. The van der Waals surface area contributed by atoms with Crippen LogP contribution in [0.25, 0.3) is 0 Å². The van der Waals surface area contributed by atoms with Crippen molar-refractivity contribution in [2.75, 3.05) is 13.2 Å². The molecule has 0 radical (unpaired) electrons. The van der Waals surface area contributed by atoms with Gasteiger partial charge in [0.1, 0.15) is 0 Å². The topological polar surface area (TPSA) is 75.3 Å². The number of carbonyl (C=O) groups excluding carboxylic acids is 1. The Hall–Kier alpha value is -0.610. The molecule has 4 nitrogen and oxygen atoms in total. The Labute approximate surface area is 92.2 Å². The van der Waals surface area contributed by atoms with Gasteiger partial charge in [0.2, 0.25) is 5.91 Å². The SMILES string of the molecule is CCCC(CCO)CNC(=O)C(C)(C)N. The minimum Gasteiger partial charge on any atom is -0.396 e. The van der Waals surface area contributed by atoms with Gasteiger partial charge < -0.3 is 16.2 Å². The molecule has 0 heterocycles. The fraction of sp³-hybridized carbons (Fsp3) is 0.909. The Kier molecular flexibility index (Phi) is 6.52. The predicted octanol–water partition coefficient (Wildman–Crippen LogP) is 0.639. The second kappa shape index (κ2) is 6.80. The van der Waals surface area contributed by atoms with Gasteiger partial charge in [-0.15, -0.1) is 0 Å². The van der Waals surface area contributed by atoms with Crippen molar-refractivity contribution in [1.29, 1.82) is 0 Å².